The van der Waals surface area contributed by atoms with Crippen LogP contribution >= 0.6 is 0 Å². The van der Waals surface area contributed by atoms with E-state index in [2.05, 4.69) is 0 Å². The van der Waals surface area contributed by atoms with E-state index in [0.29, 0.717) is 13.0 Å². The van der Waals surface area contributed by atoms with Crippen LogP contribution in [0, 0.1) is 5.41 Å². The van der Waals surface area contributed by atoms with E-state index < -0.39 is 6.04 Å². The summed E-state index contributed by atoms with van der Waals surface area (Å²) in [7, 11) is 0. The molecule has 0 heterocycles. The number of carbonyl (C=O) groups is 1. The minimum Gasteiger partial charge on any atom is -0.464 e. The highest BCUT2D eigenvalue weighted by Gasteiger charge is 2.19. The van der Waals surface area contributed by atoms with Crippen LogP contribution in [0.2, 0.25) is 0 Å². The predicted molar refractivity (Wildman–Crippen MR) is 68.5 cm³/mol. The van der Waals surface area contributed by atoms with Crippen molar-refractivity contribution >= 4 is 5.97 Å². The average molecular weight is 235 g/mol. The fourth-order valence-corrected chi connectivity index (χ4v) is 1.35. The molecule has 1 rings (SSSR count). The number of carbonyl (C=O) groups excluding carboxylic acids is 1. The van der Waals surface area contributed by atoms with Gasteiger partial charge in [-0.05, 0) is 17.4 Å². The van der Waals surface area contributed by atoms with Crippen molar-refractivity contribution in [2.24, 2.45) is 11.1 Å². The van der Waals surface area contributed by atoms with Gasteiger partial charge in [0.1, 0.15) is 6.04 Å². The van der Waals surface area contributed by atoms with Gasteiger partial charge in [0.2, 0.25) is 0 Å². The zero-order valence-corrected chi connectivity index (χ0v) is 10.8. The van der Waals surface area contributed by atoms with E-state index in [4.69, 9.17) is 10.5 Å². The third-order valence-electron chi connectivity index (χ3n) is 2.25. The molecule has 94 valence electrons. The van der Waals surface area contributed by atoms with Crippen molar-refractivity contribution < 1.29 is 9.53 Å². The highest BCUT2D eigenvalue weighted by Crippen LogP contribution is 2.13. The molecule has 0 aliphatic carbocycles. The van der Waals surface area contributed by atoms with Crippen molar-refractivity contribution in [2.75, 3.05) is 6.61 Å². The Kier molecular flexibility index (Phi) is 4.70. The summed E-state index contributed by atoms with van der Waals surface area (Å²) in [6.07, 6.45) is 0.518. The second-order valence-electron chi connectivity index (χ2n) is 5.46. The van der Waals surface area contributed by atoms with Crippen molar-refractivity contribution in [3.63, 3.8) is 0 Å². The van der Waals surface area contributed by atoms with E-state index in [-0.39, 0.29) is 11.4 Å². The van der Waals surface area contributed by atoms with E-state index in [9.17, 15) is 4.79 Å². The summed E-state index contributed by atoms with van der Waals surface area (Å²) in [6.45, 7) is 6.45. The summed E-state index contributed by atoms with van der Waals surface area (Å²) in [5, 5.41) is 0. The molecule has 0 fully saturated rings. The first kappa shape index (κ1) is 13.7. The van der Waals surface area contributed by atoms with E-state index in [1.807, 2.05) is 51.1 Å². The minimum absolute atomic E-state index is 0.0257. The predicted octanol–water partition coefficient (Wildman–Crippen LogP) is 2.15. The van der Waals surface area contributed by atoms with Crippen LogP contribution in [0.4, 0.5) is 0 Å². The summed E-state index contributed by atoms with van der Waals surface area (Å²) in [4.78, 5) is 11.6. The monoisotopic (exact) mass is 235 g/mol. The molecule has 0 spiro atoms. The SMILES string of the molecule is CC(C)(C)COC(=O)C(N)Cc1ccccc1. The van der Waals surface area contributed by atoms with E-state index in [1.54, 1.807) is 0 Å². The van der Waals surface area contributed by atoms with Crippen LogP contribution in [0.1, 0.15) is 26.3 Å². The lowest BCUT2D eigenvalue weighted by atomic mass is 9.98. The molecule has 0 bridgehead atoms. The molecular formula is C14H21NO2. The molecule has 0 saturated heterocycles. The van der Waals surface area contributed by atoms with E-state index >= 15 is 0 Å². The standard InChI is InChI=1S/C14H21NO2/c1-14(2,3)10-17-13(16)12(15)9-11-7-5-4-6-8-11/h4-8,12H,9-10,15H2,1-3H3. The molecule has 2 N–H and O–H groups in total. The number of esters is 1. The molecule has 0 saturated carbocycles. The average Bonchev–Trinajstić information content (AvgIpc) is 2.26. The first-order chi connectivity index (χ1) is 7.88. The van der Waals surface area contributed by atoms with Gasteiger partial charge in [-0.25, -0.2) is 0 Å². The lowest BCUT2D eigenvalue weighted by molar-refractivity contribution is -0.147. The molecule has 1 aromatic carbocycles. The Labute approximate surface area is 103 Å². The molecule has 0 radical (unpaired) electrons. The maximum absolute atomic E-state index is 11.6. The Bertz CT molecular complexity index is 354. The summed E-state index contributed by atoms with van der Waals surface area (Å²) >= 11 is 0. The van der Waals surface area contributed by atoms with Gasteiger partial charge in [-0.1, -0.05) is 51.1 Å². The highest BCUT2D eigenvalue weighted by molar-refractivity contribution is 5.75. The van der Waals surface area contributed by atoms with Crippen LogP contribution in [0.25, 0.3) is 0 Å². The van der Waals surface area contributed by atoms with Gasteiger partial charge in [-0.3, -0.25) is 4.79 Å². The van der Waals surface area contributed by atoms with Crippen LogP contribution in [0.3, 0.4) is 0 Å². The number of ether oxygens (including phenoxy) is 1. The molecule has 0 aliphatic rings. The second-order valence-corrected chi connectivity index (χ2v) is 5.46. The summed E-state index contributed by atoms with van der Waals surface area (Å²) in [5.74, 6) is -0.330. The topological polar surface area (TPSA) is 52.3 Å². The van der Waals surface area contributed by atoms with Gasteiger partial charge in [0.15, 0.2) is 0 Å². The Hall–Kier alpha value is -1.35. The van der Waals surface area contributed by atoms with Crippen molar-refractivity contribution in [1.29, 1.82) is 0 Å². The summed E-state index contributed by atoms with van der Waals surface area (Å²) < 4.78 is 5.18. The normalized spacial score (nSPS) is 13.2. The number of nitrogens with two attached hydrogens (primary N) is 1. The first-order valence-electron chi connectivity index (χ1n) is 5.84. The van der Waals surface area contributed by atoms with Gasteiger partial charge in [0.25, 0.3) is 0 Å². The Morgan fingerprint density at radius 1 is 1.29 bits per heavy atom. The third-order valence-corrected chi connectivity index (χ3v) is 2.25. The van der Waals surface area contributed by atoms with Gasteiger partial charge >= 0.3 is 5.97 Å². The van der Waals surface area contributed by atoms with E-state index in [1.165, 1.54) is 0 Å². The molecular weight excluding hydrogens is 214 g/mol. The van der Waals surface area contributed by atoms with Gasteiger partial charge in [0, 0.05) is 0 Å². The van der Waals surface area contributed by atoms with Gasteiger partial charge < -0.3 is 10.5 Å². The fraction of sp³-hybridized carbons (Fsp3) is 0.500. The molecule has 0 aliphatic heterocycles. The van der Waals surface area contributed by atoms with Gasteiger partial charge in [-0.15, -0.1) is 0 Å². The molecule has 3 heteroatoms. The lowest BCUT2D eigenvalue weighted by Crippen LogP contribution is -2.36. The summed E-state index contributed by atoms with van der Waals surface area (Å²) in [5.41, 5.74) is 6.83. The van der Waals surface area contributed by atoms with Gasteiger partial charge in [-0.2, -0.15) is 0 Å². The second kappa shape index (κ2) is 5.82. The molecule has 17 heavy (non-hydrogen) atoms. The van der Waals surface area contributed by atoms with Crippen LogP contribution in [-0.4, -0.2) is 18.6 Å². The van der Waals surface area contributed by atoms with Crippen molar-refractivity contribution in [3.05, 3.63) is 35.9 Å². The fourth-order valence-electron chi connectivity index (χ4n) is 1.35. The molecule has 0 amide bonds. The number of hydrogen-bond acceptors (Lipinski definition) is 3. The quantitative estimate of drug-likeness (QED) is 0.813. The largest absolute Gasteiger partial charge is 0.464 e. The number of rotatable bonds is 4. The number of benzene rings is 1. The molecule has 1 aromatic rings. The zero-order valence-electron chi connectivity index (χ0n) is 10.8. The third kappa shape index (κ3) is 5.50. The molecule has 0 aromatic heterocycles. The summed E-state index contributed by atoms with van der Waals surface area (Å²) in [6, 6.07) is 9.13. The smallest absolute Gasteiger partial charge is 0.323 e. The Balaban J connectivity index is 2.43. The van der Waals surface area contributed by atoms with Crippen molar-refractivity contribution in [2.45, 2.75) is 33.2 Å². The van der Waals surface area contributed by atoms with Crippen molar-refractivity contribution in [1.82, 2.24) is 0 Å². The van der Waals surface area contributed by atoms with Crippen LogP contribution in [-0.2, 0) is 16.0 Å². The lowest BCUT2D eigenvalue weighted by Gasteiger charge is -2.19. The Morgan fingerprint density at radius 3 is 2.41 bits per heavy atom. The van der Waals surface area contributed by atoms with Crippen LogP contribution in [0.15, 0.2) is 30.3 Å². The van der Waals surface area contributed by atoms with E-state index in [0.717, 1.165) is 5.56 Å². The molecule has 1 unspecified atom stereocenters. The van der Waals surface area contributed by atoms with Gasteiger partial charge in [0.05, 0.1) is 6.61 Å². The first-order valence-corrected chi connectivity index (χ1v) is 5.84. The molecule has 1 atom stereocenters. The maximum atomic E-state index is 11.6. The Morgan fingerprint density at radius 2 is 1.88 bits per heavy atom. The van der Waals surface area contributed by atoms with Crippen LogP contribution < -0.4 is 5.73 Å². The molecule has 3 nitrogen and oxygen atoms in total. The maximum Gasteiger partial charge on any atom is 0.323 e. The highest BCUT2D eigenvalue weighted by atomic mass is 16.5. The van der Waals surface area contributed by atoms with Crippen molar-refractivity contribution in [3.8, 4) is 0 Å². The number of hydrogen-bond donors (Lipinski definition) is 1. The zero-order chi connectivity index (χ0) is 12.9. The minimum atomic E-state index is -0.584. The van der Waals surface area contributed by atoms with Crippen LogP contribution in [0.5, 0.6) is 0 Å².